The molecule has 0 atom stereocenters. The maximum Gasteiger partial charge on any atom is 0.357 e. The summed E-state index contributed by atoms with van der Waals surface area (Å²) in [7, 11) is 1.39. The van der Waals surface area contributed by atoms with E-state index in [0.717, 1.165) is 70.0 Å². The number of ether oxygens (including phenoxy) is 1. The van der Waals surface area contributed by atoms with E-state index in [-0.39, 0.29) is 5.91 Å². The molecule has 2 aromatic heterocycles. The molecule has 0 bridgehead atoms. The Morgan fingerprint density at radius 1 is 1.08 bits per heavy atom. The molecular weight excluding hydrogens is 492 g/mol. The molecule has 0 fully saturated rings. The maximum absolute atomic E-state index is 13.3. The summed E-state index contributed by atoms with van der Waals surface area (Å²) in [5.74, 6) is -0.556. The first kappa shape index (κ1) is 24.4. The van der Waals surface area contributed by atoms with Gasteiger partial charge in [-0.25, -0.2) is 14.8 Å². The number of anilines is 2. The number of benzene rings is 2. The van der Waals surface area contributed by atoms with Crippen molar-refractivity contribution >= 4 is 55.0 Å². The van der Waals surface area contributed by atoms with Gasteiger partial charge in [-0.1, -0.05) is 55.4 Å². The number of hydrogen-bond donors (Lipinski definition) is 1. The number of amides is 1. The lowest BCUT2D eigenvalue weighted by Crippen LogP contribution is -2.32. The number of hydrogen-bond acceptors (Lipinski definition) is 8. The minimum atomic E-state index is -0.391. The van der Waals surface area contributed by atoms with Crippen molar-refractivity contribution in [3.05, 3.63) is 69.7 Å². The minimum Gasteiger partial charge on any atom is -0.464 e. The second kappa shape index (κ2) is 10.8. The summed E-state index contributed by atoms with van der Waals surface area (Å²) in [6, 6.07) is 13.7. The zero-order valence-electron chi connectivity index (χ0n) is 20.4. The Hall–Kier alpha value is -3.30. The van der Waals surface area contributed by atoms with Gasteiger partial charge in [-0.3, -0.25) is 10.1 Å². The van der Waals surface area contributed by atoms with Crippen LogP contribution in [0, 0.1) is 0 Å². The highest BCUT2D eigenvalue weighted by Crippen LogP contribution is 2.33. The number of nitrogens with zero attached hydrogens (tertiary/aromatic N) is 3. The zero-order chi connectivity index (χ0) is 25.1. The lowest BCUT2D eigenvalue weighted by Gasteiger charge is -2.29. The van der Waals surface area contributed by atoms with E-state index in [1.54, 1.807) is 11.3 Å². The van der Waals surface area contributed by atoms with Crippen molar-refractivity contribution in [3.63, 3.8) is 0 Å². The van der Waals surface area contributed by atoms with Crippen LogP contribution in [0.5, 0.6) is 0 Å². The van der Waals surface area contributed by atoms with Gasteiger partial charge in [0.1, 0.15) is 0 Å². The highest BCUT2D eigenvalue weighted by Gasteiger charge is 2.27. The van der Waals surface area contributed by atoms with E-state index in [9.17, 15) is 9.59 Å². The van der Waals surface area contributed by atoms with Gasteiger partial charge < -0.3 is 9.64 Å². The molecule has 2 aromatic carbocycles. The lowest BCUT2D eigenvalue weighted by molar-refractivity contribution is 0.0593. The Balaban J connectivity index is 1.39. The SMILES string of the molecule is CCCCCc1sc(N2CCc3cccc(C(=O)Nc4nc5ccccc5s4)c3C2)nc1C(=O)OC. The summed E-state index contributed by atoms with van der Waals surface area (Å²) in [6.45, 7) is 3.49. The molecule has 0 spiro atoms. The van der Waals surface area contributed by atoms with Crippen molar-refractivity contribution in [1.29, 1.82) is 0 Å². The van der Waals surface area contributed by atoms with Crippen LogP contribution >= 0.6 is 22.7 Å². The van der Waals surface area contributed by atoms with E-state index in [2.05, 4.69) is 33.2 Å². The number of thiazole rings is 2. The number of carbonyl (C=O) groups is 2. The van der Waals surface area contributed by atoms with Crippen molar-refractivity contribution in [1.82, 2.24) is 9.97 Å². The summed E-state index contributed by atoms with van der Waals surface area (Å²) in [4.78, 5) is 38.1. The highest BCUT2D eigenvalue weighted by molar-refractivity contribution is 7.22. The van der Waals surface area contributed by atoms with Gasteiger partial charge in [-0.2, -0.15) is 0 Å². The minimum absolute atomic E-state index is 0.164. The van der Waals surface area contributed by atoms with Gasteiger partial charge in [0.05, 0.1) is 17.3 Å². The summed E-state index contributed by atoms with van der Waals surface area (Å²) in [5.41, 5.74) is 4.09. The summed E-state index contributed by atoms with van der Waals surface area (Å²) < 4.78 is 6.03. The zero-order valence-corrected chi connectivity index (χ0v) is 22.0. The van der Waals surface area contributed by atoms with Gasteiger partial charge in [0.15, 0.2) is 16.0 Å². The summed E-state index contributed by atoms with van der Waals surface area (Å²) in [6.07, 6.45) is 4.86. The monoisotopic (exact) mass is 520 g/mol. The number of para-hydroxylation sites is 1. The van der Waals surface area contributed by atoms with E-state index >= 15 is 0 Å². The van der Waals surface area contributed by atoms with E-state index in [0.29, 0.717) is 22.9 Å². The molecule has 1 aliphatic rings. The Bertz CT molecular complexity index is 1380. The third-order valence-electron chi connectivity index (χ3n) is 6.37. The molecule has 0 unspecified atom stereocenters. The number of methoxy groups -OCH3 is 1. The van der Waals surface area contributed by atoms with Gasteiger partial charge in [0.2, 0.25) is 0 Å². The number of rotatable bonds is 8. The van der Waals surface area contributed by atoms with Gasteiger partial charge in [0, 0.05) is 23.5 Å². The maximum atomic E-state index is 13.3. The molecule has 7 nitrogen and oxygen atoms in total. The number of fused-ring (bicyclic) bond motifs is 2. The van der Waals surface area contributed by atoms with E-state index < -0.39 is 5.97 Å². The molecule has 36 heavy (non-hydrogen) atoms. The molecule has 0 radical (unpaired) electrons. The van der Waals surface area contributed by atoms with Gasteiger partial charge in [-0.05, 0) is 48.6 Å². The predicted molar refractivity (Wildman–Crippen MR) is 145 cm³/mol. The van der Waals surface area contributed by atoms with Crippen LogP contribution in [-0.2, 0) is 24.1 Å². The van der Waals surface area contributed by atoms with Crippen molar-refractivity contribution < 1.29 is 14.3 Å². The predicted octanol–water partition coefficient (Wildman–Crippen LogP) is 6.09. The molecule has 4 aromatic rings. The molecular formula is C27H28N4O3S2. The van der Waals surface area contributed by atoms with E-state index in [1.807, 2.05) is 36.4 Å². The van der Waals surface area contributed by atoms with E-state index in [1.165, 1.54) is 18.4 Å². The first-order valence-electron chi connectivity index (χ1n) is 12.2. The van der Waals surface area contributed by atoms with Crippen LogP contribution in [0.4, 0.5) is 10.3 Å². The van der Waals surface area contributed by atoms with Crippen LogP contribution in [0.1, 0.15) is 63.0 Å². The average molecular weight is 521 g/mol. The Kier molecular flexibility index (Phi) is 7.29. The fourth-order valence-electron chi connectivity index (χ4n) is 4.48. The molecule has 9 heteroatoms. The Morgan fingerprint density at radius 2 is 1.94 bits per heavy atom. The first-order valence-corrected chi connectivity index (χ1v) is 13.8. The Labute approximate surface area is 218 Å². The first-order chi connectivity index (χ1) is 17.6. The van der Waals surface area contributed by atoms with Crippen molar-refractivity contribution in [2.75, 3.05) is 23.9 Å². The van der Waals surface area contributed by atoms with Crippen molar-refractivity contribution in [2.24, 2.45) is 0 Å². The lowest BCUT2D eigenvalue weighted by atomic mass is 9.94. The molecule has 186 valence electrons. The van der Waals surface area contributed by atoms with Crippen LogP contribution in [0.25, 0.3) is 10.2 Å². The standard InChI is InChI=1S/C27H28N4O3S2/c1-3-4-5-13-22-23(25(33)34-2)29-27(36-22)31-15-14-17-9-8-10-18(19(17)16-31)24(32)30-26-28-20-11-6-7-12-21(20)35-26/h6-12H,3-5,13-16H2,1-2H3,(H,28,30,32). The quantitative estimate of drug-likeness (QED) is 0.224. The molecule has 3 heterocycles. The normalized spacial score (nSPS) is 13.0. The van der Waals surface area contributed by atoms with Crippen molar-refractivity contribution in [3.8, 4) is 0 Å². The fraction of sp³-hybridized carbons (Fsp3) is 0.333. The summed E-state index contributed by atoms with van der Waals surface area (Å²) >= 11 is 3.03. The smallest absolute Gasteiger partial charge is 0.357 e. The topological polar surface area (TPSA) is 84.4 Å². The number of carbonyl (C=O) groups excluding carboxylic acids is 2. The molecule has 0 saturated carbocycles. The largest absolute Gasteiger partial charge is 0.464 e. The van der Waals surface area contributed by atoms with Crippen LogP contribution in [-0.4, -0.2) is 35.5 Å². The third-order valence-corrected chi connectivity index (χ3v) is 8.50. The van der Waals surface area contributed by atoms with E-state index in [4.69, 9.17) is 4.74 Å². The average Bonchev–Trinajstić information content (AvgIpc) is 3.51. The van der Waals surface area contributed by atoms with Crippen molar-refractivity contribution in [2.45, 2.75) is 45.6 Å². The van der Waals surface area contributed by atoms with Crippen LogP contribution in [0.3, 0.4) is 0 Å². The number of esters is 1. The number of aryl methyl sites for hydroxylation is 1. The highest BCUT2D eigenvalue weighted by atomic mass is 32.1. The van der Waals surface area contributed by atoms with Gasteiger partial charge in [0.25, 0.3) is 5.91 Å². The molecule has 1 N–H and O–H groups in total. The third kappa shape index (κ3) is 4.99. The Morgan fingerprint density at radius 3 is 2.75 bits per heavy atom. The molecule has 1 aliphatic heterocycles. The molecule has 5 rings (SSSR count). The second-order valence-corrected chi connectivity index (χ2v) is 10.9. The molecule has 0 aliphatic carbocycles. The van der Waals surface area contributed by atoms with Crippen LogP contribution < -0.4 is 10.2 Å². The van der Waals surface area contributed by atoms with Gasteiger partial charge in [-0.15, -0.1) is 11.3 Å². The number of unbranched alkanes of at least 4 members (excludes halogenated alkanes) is 2. The van der Waals surface area contributed by atoms with Gasteiger partial charge >= 0.3 is 5.97 Å². The summed E-state index contributed by atoms with van der Waals surface area (Å²) in [5, 5.41) is 4.38. The molecule has 1 amide bonds. The van der Waals surface area contributed by atoms with Crippen LogP contribution in [0.2, 0.25) is 0 Å². The number of aromatic nitrogens is 2. The fourth-order valence-corrected chi connectivity index (χ4v) is 6.46. The van der Waals surface area contributed by atoms with Crippen LogP contribution in [0.15, 0.2) is 42.5 Å². The second-order valence-electron chi connectivity index (χ2n) is 8.77. The molecule has 0 saturated heterocycles. The number of nitrogens with one attached hydrogen (secondary N) is 1.